The summed E-state index contributed by atoms with van der Waals surface area (Å²) in [5.41, 5.74) is 1.37. The van der Waals surface area contributed by atoms with Crippen LogP contribution < -0.4 is 5.32 Å². The van der Waals surface area contributed by atoms with Crippen LogP contribution in [0.5, 0.6) is 0 Å². The van der Waals surface area contributed by atoms with Crippen LogP contribution in [0.4, 0.5) is 0 Å². The van der Waals surface area contributed by atoms with Crippen LogP contribution in [0.1, 0.15) is 32.1 Å². The number of hydrogen-bond acceptors (Lipinski definition) is 2. The molecule has 0 aromatic carbocycles. The van der Waals surface area contributed by atoms with Crippen molar-refractivity contribution in [2.75, 3.05) is 6.54 Å². The molecule has 4 heteroatoms. The molecule has 0 fully saturated rings. The van der Waals surface area contributed by atoms with E-state index in [-0.39, 0.29) is 0 Å². The van der Waals surface area contributed by atoms with Crippen LogP contribution in [0.2, 0.25) is 0 Å². The molecular formula is C12H17Br2NS. The molecule has 0 aliphatic rings. The zero-order chi connectivity index (χ0) is 12.1. The molecule has 0 saturated heterocycles. The number of rotatable bonds is 5. The van der Waals surface area contributed by atoms with Gasteiger partial charge in [-0.25, -0.2) is 0 Å². The average Bonchev–Trinajstić information content (AvgIpc) is 2.54. The van der Waals surface area contributed by atoms with Gasteiger partial charge in [0.2, 0.25) is 0 Å². The summed E-state index contributed by atoms with van der Waals surface area (Å²) < 4.78 is 2.28. The summed E-state index contributed by atoms with van der Waals surface area (Å²) in [6.07, 6.45) is 3.42. The molecule has 1 aromatic rings. The minimum Gasteiger partial charge on any atom is -0.311 e. The smallest absolute Gasteiger partial charge is 0.0846 e. The van der Waals surface area contributed by atoms with Crippen molar-refractivity contribution < 1.29 is 0 Å². The van der Waals surface area contributed by atoms with Gasteiger partial charge < -0.3 is 5.32 Å². The predicted molar refractivity (Wildman–Crippen MR) is 81.1 cm³/mol. The molecule has 1 atom stereocenters. The molecule has 16 heavy (non-hydrogen) atoms. The first kappa shape index (κ1) is 14.4. The Labute approximate surface area is 119 Å². The zero-order valence-electron chi connectivity index (χ0n) is 9.81. The van der Waals surface area contributed by atoms with Crippen LogP contribution in [0.3, 0.4) is 0 Å². The molecule has 0 aliphatic carbocycles. The lowest BCUT2D eigenvalue weighted by molar-refractivity contribution is 0.604. The summed E-state index contributed by atoms with van der Waals surface area (Å²) in [4.78, 5) is 1.28. The Hall–Kier alpha value is 0.360. The highest BCUT2D eigenvalue weighted by Gasteiger charge is 2.05. The van der Waals surface area contributed by atoms with Crippen molar-refractivity contribution >= 4 is 49.3 Å². The fraction of sp³-hybridized carbons (Fsp3) is 0.500. The number of nitrogens with one attached hydrogen (secondary N) is 1. The minimum absolute atomic E-state index is 0.444. The average molecular weight is 367 g/mol. The SMILES string of the molecule is CCCNC(C)C(C)=Cc1cc(Br)c(Br)s1. The summed E-state index contributed by atoms with van der Waals surface area (Å²) in [6, 6.07) is 2.59. The molecule has 1 nitrogen and oxygen atoms in total. The van der Waals surface area contributed by atoms with Gasteiger partial charge in [-0.05, 0) is 70.8 Å². The summed E-state index contributed by atoms with van der Waals surface area (Å²) >= 11 is 8.76. The normalized spacial score (nSPS) is 14.2. The van der Waals surface area contributed by atoms with Crippen LogP contribution in [0.15, 0.2) is 19.9 Å². The molecule has 1 N–H and O–H groups in total. The van der Waals surface area contributed by atoms with Gasteiger partial charge >= 0.3 is 0 Å². The van der Waals surface area contributed by atoms with E-state index in [1.54, 1.807) is 11.3 Å². The molecule has 1 rings (SSSR count). The number of hydrogen-bond donors (Lipinski definition) is 1. The molecular weight excluding hydrogens is 350 g/mol. The van der Waals surface area contributed by atoms with E-state index >= 15 is 0 Å². The van der Waals surface area contributed by atoms with Crippen molar-refractivity contribution in [3.8, 4) is 0 Å². The molecule has 0 amide bonds. The van der Waals surface area contributed by atoms with Gasteiger partial charge in [0.05, 0.1) is 3.79 Å². The van der Waals surface area contributed by atoms with Crippen molar-refractivity contribution in [3.63, 3.8) is 0 Å². The van der Waals surface area contributed by atoms with Gasteiger partial charge in [-0.1, -0.05) is 12.5 Å². The Kier molecular flexibility index (Phi) is 6.26. The van der Waals surface area contributed by atoms with Crippen molar-refractivity contribution in [2.45, 2.75) is 33.2 Å². The highest BCUT2D eigenvalue weighted by Crippen LogP contribution is 2.33. The lowest BCUT2D eigenvalue weighted by Crippen LogP contribution is -2.27. The van der Waals surface area contributed by atoms with Crippen LogP contribution >= 0.6 is 43.2 Å². The van der Waals surface area contributed by atoms with Gasteiger partial charge in [0, 0.05) is 15.4 Å². The highest BCUT2D eigenvalue weighted by molar-refractivity contribution is 9.13. The van der Waals surface area contributed by atoms with Crippen LogP contribution in [0, 0.1) is 0 Å². The molecule has 1 unspecified atom stereocenters. The highest BCUT2D eigenvalue weighted by atomic mass is 79.9. The van der Waals surface area contributed by atoms with Crippen LogP contribution in [0.25, 0.3) is 6.08 Å². The molecule has 1 heterocycles. The summed E-state index contributed by atoms with van der Waals surface area (Å²) in [5.74, 6) is 0. The third-order valence-corrected chi connectivity index (χ3v) is 5.62. The largest absolute Gasteiger partial charge is 0.311 e. The number of halogens is 2. The van der Waals surface area contributed by atoms with Gasteiger partial charge in [-0.15, -0.1) is 11.3 Å². The summed E-state index contributed by atoms with van der Waals surface area (Å²) in [7, 11) is 0. The van der Waals surface area contributed by atoms with E-state index in [4.69, 9.17) is 0 Å². The Morgan fingerprint density at radius 3 is 2.75 bits per heavy atom. The van der Waals surface area contributed by atoms with E-state index in [0.717, 1.165) is 14.8 Å². The summed E-state index contributed by atoms with van der Waals surface area (Å²) in [6.45, 7) is 7.64. The molecule has 0 aliphatic heterocycles. The number of thiophene rings is 1. The van der Waals surface area contributed by atoms with Crippen molar-refractivity contribution in [1.82, 2.24) is 5.32 Å². The minimum atomic E-state index is 0.444. The van der Waals surface area contributed by atoms with Crippen molar-refractivity contribution in [1.29, 1.82) is 0 Å². The molecule has 0 radical (unpaired) electrons. The predicted octanol–water partition coefficient (Wildman–Crippen LogP) is 5.06. The standard InChI is InChI=1S/C12H17Br2NS/c1-4-5-15-9(3)8(2)6-10-7-11(13)12(14)16-10/h6-7,9,15H,4-5H2,1-3H3. The first-order valence-corrected chi connectivity index (χ1v) is 7.81. The van der Waals surface area contributed by atoms with Gasteiger partial charge in [0.1, 0.15) is 0 Å². The molecule has 90 valence electrons. The monoisotopic (exact) mass is 365 g/mol. The molecule has 0 spiro atoms. The van der Waals surface area contributed by atoms with Gasteiger partial charge in [0.25, 0.3) is 0 Å². The Bertz CT molecular complexity index is 352. The second-order valence-corrected chi connectivity index (χ2v) is 7.09. The quantitative estimate of drug-likeness (QED) is 0.767. The third kappa shape index (κ3) is 4.32. The van der Waals surface area contributed by atoms with E-state index < -0.39 is 0 Å². The Balaban J connectivity index is 2.68. The van der Waals surface area contributed by atoms with E-state index in [0.29, 0.717) is 6.04 Å². The molecule has 0 bridgehead atoms. The first-order valence-electron chi connectivity index (χ1n) is 5.41. The van der Waals surface area contributed by atoms with E-state index in [9.17, 15) is 0 Å². The third-order valence-electron chi connectivity index (χ3n) is 2.42. The maximum Gasteiger partial charge on any atom is 0.0846 e. The van der Waals surface area contributed by atoms with Crippen molar-refractivity contribution in [3.05, 3.63) is 24.8 Å². The van der Waals surface area contributed by atoms with E-state index in [1.165, 1.54) is 16.9 Å². The van der Waals surface area contributed by atoms with Gasteiger partial charge in [0.15, 0.2) is 0 Å². The second-order valence-electron chi connectivity index (χ2n) is 3.83. The van der Waals surface area contributed by atoms with E-state index in [2.05, 4.69) is 70.1 Å². The second kappa shape index (κ2) is 6.94. The zero-order valence-corrected chi connectivity index (χ0v) is 13.8. The maximum atomic E-state index is 3.51. The van der Waals surface area contributed by atoms with Crippen LogP contribution in [-0.4, -0.2) is 12.6 Å². The molecule has 1 aromatic heterocycles. The van der Waals surface area contributed by atoms with Gasteiger partial charge in [-0.3, -0.25) is 0 Å². The van der Waals surface area contributed by atoms with Crippen LogP contribution in [-0.2, 0) is 0 Å². The van der Waals surface area contributed by atoms with E-state index in [1.807, 2.05) is 0 Å². The molecule has 0 saturated carbocycles. The summed E-state index contributed by atoms with van der Waals surface area (Å²) in [5, 5.41) is 3.49. The first-order chi connectivity index (χ1) is 7.54. The lowest BCUT2D eigenvalue weighted by Gasteiger charge is -2.13. The fourth-order valence-electron chi connectivity index (χ4n) is 1.31. The Morgan fingerprint density at radius 1 is 1.56 bits per heavy atom. The topological polar surface area (TPSA) is 12.0 Å². The van der Waals surface area contributed by atoms with Crippen molar-refractivity contribution in [2.24, 2.45) is 0 Å². The maximum absolute atomic E-state index is 3.51. The Morgan fingerprint density at radius 2 is 2.25 bits per heavy atom. The van der Waals surface area contributed by atoms with Gasteiger partial charge in [-0.2, -0.15) is 0 Å². The fourth-order valence-corrected chi connectivity index (χ4v) is 3.41. The lowest BCUT2D eigenvalue weighted by atomic mass is 10.1.